The summed E-state index contributed by atoms with van der Waals surface area (Å²) in [6.45, 7) is 3.21. The molecule has 4 aromatic rings. The molecule has 2 aromatic heterocycles. The molecule has 0 radical (unpaired) electrons. The van der Waals surface area contributed by atoms with Gasteiger partial charge in [-0.2, -0.15) is 4.98 Å². The number of aliphatic hydroxyl groups excluding tert-OH is 1. The van der Waals surface area contributed by atoms with Gasteiger partial charge >= 0.3 is 5.97 Å². The third kappa shape index (κ3) is 4.01. The summed E-state index contributed by atoms with van der Waals surface area (Å²) in [5, 5.41) is 19.4. The van der Waals surface area contributed by atoms with Gasteiger partial charge in [-0.25, -0.2) is 4.79 Å². The number of hydrogen-bond acceptors (Lipinski definition) is 7. The normalized spacial score (nSPS) is 17.9. The number of aromatic nitrogens is 2. The number of carboxylic acids is 1. The van der Waals surface area contributed by atoms with Crippen LogP contribution in [0.4, 0.5) is 11.7 Å². The van der Waals surface area contributed by atoms with Gasteiger partial charge in [0, 0.05) is 55.9 Å². The maximum atomic E-state index is 12.6. The van der Waals surface area contributed by atoms with Gasteiger partial charge in [-0.05, 0) is 49.1 Å². The molecule has 2 aliphatic heterocycles. The van der Waals surface area contributed by atoms with Gasteiger partial charge in [-0.3, -0.25) is 4.79 Å². The lowest BCUT2D eigenvalue weighted by Gasteiger charge is -2.19. The molecule has 36 heavy (non-hydrogen) atoms. The van der Waals surface area contributed by atoms with Crippen LogP contribution in [0.3, 0.4) is 0 Å². The fraction of sp³-hybridized carbons (Fsp3) is 0.296. The number of hydrogen-bond donors (Lipinski definition) is 2. The van der Waals surface area contributed by atoms with Crippen LogP contribution in [0.25, 0.3) is 28.0 Å². The third-order valence-electron chi connectivity index (χ3n) is 6.99. The van der Waals surface area contributed by atoms with Crippen molar-refractivity contribution < 1.29 is 19.4 Å². The number of fused-ring (bicyclic) bond motifs is 1. The van der Waals surface area contributed by atoms with Crippen LogP contribution in [0.5, 0.6) is 0 Å². The highest BCUT2D eigenvalue weighted by Crippen LogP contribution is 2.30. The largest absolute Gasteiger partial charge is 0.477 e. The Bertz CT molecular complexity index is 1500. The second-order valence-electron chi connectivity index (χ2n) is 9.39. The van der Waals surface area contributed by atoms with Gasteiger partial charge in [0.25, 0.3) is 6.01 Å². The predicted octanol–water partition coefficient (Wildman–Crippen LogP) is 3.52. The van der Waals surface area contributed by atoms with Crippen LogP contribution in [0.1, 0.15) is 29.6 Å². The van der Waals surface area contributed by atoms with Gasteiger partial charge in [0.15, 0.2) is 11.0 Å². The summed E-state index contributed by atoms with van der Waals surface area (Å²) in [6.07, 6.45) is 4.00. The SMILES string of the molecule is O=C(O)c1cn(-c2ccc3nc(N4CCC(O)C4)oc3c2)c(-c2ccc(N3CCCC3)cc2)cc1=O. The number of benzene rings is 2. The van der Waals surface area contributed by atoms with Gasteiger partial charge in [0.2, 0.25) is 0 Å². The van der Waals surface area contributed by atoms with E-state index in [1.165, 1.54) is 25.1 Å². The predicted molar refractivity (Wildman–Crippen MR) is 136 cm³/mol. The Balaban J connectivity index is 1.43. The van der Waals surface area contributed by atoms with Crippen molar-refractivity contribution in [1.29, 1.82) is 0 Å². The second kappa shape index (κ2) is 8.83. The minimum absolute atomic E-state index is 0.308. The molecule has 2 saturated heterocycles. The summed E-state index contributed by atoms with van der Waals surface area (Å²) < 4.78 is 7.69. The third-order valence-corrected chi connectivity index (χ3v) is 6.99. The second-order valence-corrected chi connectivity index (χ2v) is 9.39. The number of β-amino-alcohol motifs (C(OH)–C–C–N with tert-alkyl or cyclic N) is 1. The van der Waals surface area contributed by atoms with Gasteiger partial charge < -0.3 is 29.0 Å². The zero-order chi connectivity index (χ0) is 24.8. The number of nitrogens with zero attached hydrogens (tertiary/aromatic N) is 4. The monoisotopic (exact) mass is 486 g/mol. The Morgan fingerprint density at radius 1 is 0.972 bits per heavy atom. The molecule has 0 spiro atoms. The lowest BCUT2D eigenvalue weighted by atomic mass is 10.1. The number of carboxylic acid groups (broad SMARTS) is 1. The van der Waals surface area contributed by atoms with E-state index in [-0.39, 0.29) is 5.56 Å². The zero-order valence-corrected chi connectivity index (χ0v) is 19.6. The van der Waals surface area contributed by atoms with Crippen molar-refractivity contribution in [3.63, 3.8) is 0 Å². The quantitative estimate of drug-likeness (QED) is 0.441. The first-order valence-electron chi connectivity index (χ1n) is 12.2. The Kier molecular flexibility index (Phi) is 5.49. The summed E-state index contributed by atoms with van der Waals surface area (Å²) in [5.74, 6) is -1.28. The molecule has 1 unspecified atom stereocenters. The molecule has 2 aromatic carbocycles. The molecule has 0 saturated carbocycles. The maximum Gasteiger partial charge on any atom is 0.341 e. The zero-order valence-electron chi connectivity index (χ0n) is 19.6. The molecule has 184 valence electrons. The van der Waals surface area contributed by atoms with Crippen LogP contribution in [-0.4, -0.2) is 58.0 Å². The van der Waals surface area contributed by atoms with E-state index in [1.54, 1.807) is 10.6 Å². The van der Waals surface area contributed by atoms with Crippen molar-refractivity contribution in [3.05, 3.63) is 70.5 Å². The lowest BCUT2D eigenvalue weighted by Crippen LogP contribution is -2.21. The lowest BCUT2D eigenvalue weighted by molar-refractivity contribution is 0.0695. The summed E-state index contributed by atoms with van der Waals surface area (Å²) in [7, 11) is 0. The van der Waals surface area contributed by atoms with Crippen LogP contribution >= 0.6 is 0 Å². The van der Waals surface area contributed by atoms with E-state index in [2.05, 4.69) is 9.88 Å². The van der Waals surface area contributed by atoms with Gasteiger partial charge in [0.05, 0.1) is 11.8 Å². The standard InChI is InChI=1S/C27H26N4O5/c32-20-9-12-30(15-20)27-28-22-8-7-19(13-25(22)36-27)31-16-21(26(34)35)24(33)14-23(31)17-3-5-18(6-4-17)29-10-1-2-11-29/h3-8,13-14,16,20,32H,1-2,9-12,15H2,(H,34,35). The topological polar surface area (TPSA) is 112 Å². The molecule has 0 aliphatic carbocycles. The maximum absolute atomic E-state index is 12.6. The van der Waals surface area contributed by atoms with Crippen LogP contribution < -0.4 is 15.2 Å². The first-order valence-corrected chi connectivity index (χ1v) is 12.2. The highest BCUT2D eigenvalue weighted by Gasteiger charge is 2.24. The number of rotatable bonds is 5. The summed E-state index contributed by atoms with van der Waals surface area (Å²) in [4.78, 5) is 33.2. The summed E-state index contributed by atoms with van der Waals surface area (Å²) in [6, 6.07) is 15.2. The fourth-order valence-corrected chi connectivity index (χ4v) is 5.05. The molecular formula is C27H26N4O5. The van der Waals surface area contributed by atoms with Crippen molar-refractivity contribution in [2.24, 2.45) is 0 Å². The molecule has 6 rings (SSSR count). The van der Waals surface area contributed by atoms with E-state index in [0.717, 1.165) is 24.3 Å². The minimum atomic E-state index is -1.28. The van der Waals surface area contributed by atoms with Crippen LogP contribution in [0.15, 0.2) is 63.9 Å². The van der Waals surface area contributed by atoms with Gasteiger partial charge in [-0.1, -0.05) is 12.1 Å². The van der Waals surface area contributed by atoms with Crippen molar-refractivity contribution in [1.82, 2.24) is 9.55 Å². The molecular weight excluding hydrogens is 460 g/mol. The van der Waals surface area contributed by atoms with E-state index in [9.17, 15) is 19.8 Å². The highest BCUT2D eigenvalue weighted by molar-refractivity contribution is 5.88. The van der Waals surface area contributed by atoms with E-state index in [1.807, 2.05) is 41.3 Å². The van der Waals surface area contributed by atoms with Crippen LogP contribution in [0, 0.1) is 0 Å². The molecule has 2 aliphatic rings. The summed E-state index contributed by atoms with van der Waals surface area (Å²) in [5.41, 5.74) is 3.50. The number of carbonyl (C=O) groups is 1. The fourth-order valence-electron chi connectivity index (χ4n) is 5.05. The van der Waals surface area contributed by atoms with Crippen molar-refractivity contribution in [2.75, 3.05) is 36.0 Å². The molecule has 2 fully saturated rings. The molecule has 2 N–H and O–H groups in total. The first kappa shape index (κ1) is 22.4. The van der Waals surface area contributed by atoms with E-state index in [4.69, 9.17) is 4.42 Å². The molecule has 9 nitrogen and oxygen atoms in total. The Morgan fingerprint density at radius 2 is 1.72 bits per heavy atom. The van der Waals surface area contributed by atoms with Crippen LogP contribution in [-0.2, 0) is 0 Å². The average molecular weight is 487 g/mol. The Morgan fingerprint density at radius 3 is 2.42 bits per heavy atom. The van der Waals surface area contributed by atoms with Crippen molar-refractivity contribution in [2.45, 2.75) is 25.4 Å². The molecule has 4 heterocycles. The number of aromatic carboxylic acids is 1. The Labute approximate surface area is 206 Å². The van der Waals surface area contributed by atoms with Crippen LogP contribution in [0.2, 0.25) is 0 Å². The van der Waals surface area contributed by atoms with Crippen molar-refractivity contribution in [3.8, 4) is 16.9 Å². The summed E-state index contributed by atoms with van der Waals surface area (Å²) >= 11 is 0. The first-order chi connectivity index (χ1) is 17.5. The minimum Gasteiger partial charge on any atom is -0.477 e. The number of aliphatic hydroxyl groups is 1. The number of anilines is 2. The highest BCUT2D eigenvalue weighted by atomic mass is 16.4. The number of pyridine rings is 1. The molecule has 1 atom stereocenters. The van der Waals surface area contributed by atoms with E-state index in [0.29, 0.717) is 48.0 Å². The average Bonchev–Trinajstić information content (AvgIpc) is 3.64. The smallest absolute Gasteiger partial charge is 0.341 e. The Hall–Kier alpha value is -4.11. The molecule has 9 heteroatoms. The number of oxazole rings is 1. The van der Waals surface area contributed by atoms with Gasteiger partial charge in [0.1, 0.15) is 11.1 Å². The van der Waals surface area contributed by atoms with E-state index >= 15 is 0 Å². The molecule has 0 bridgehead atoms. The van der Waals surface area contributed by atoms with Crippen molar-refractivity contribution >= 4 is 28.8 Å². The van der Waals surface area contributed by atoms with Gasteiger partial charge in [-0.15, -0.1) is 0 Å². The molecule has 0 amide bonds. The van der Waals surface area contributed by atoms with E-state index < -0.39 is 17.5 Å².